The molecule has 1 fully saturated rings. The molecule has 1 radical (unpaired) electrons. The Kier molecular flexibility index (Phi) is 8.18. The van der Waals surface area contributed by atoms with Gasteiger partial charge >= 0.3 is 17.1 Å². The Morgan fingerprint density at radius 1 is 1.00 bits per heavy atom. The summed E-state index contributed by atoms with van der Waals surface area (Å²) in [4.78, 5) is 0. The van der Waals surface area contributed by atoms with Gasteiger partial charge < -0.3 is 0 Å². The van der Waals surface area contributed by atoms with E-state index in [-0.39, 0.29) is 17.1 Å². The first-order chi connectivity index (χ1) is 8.95. The van der Waals surface area contributed by atoms with Crippen molar-refractivity contribution in [3.8, 4) is 0 Å². The van der Waals surface area contributed by atoms with Crippen LogP contribution in [0.4, 0.5) is 0 Å². The summed E-state index contributed by atoms with van der Waals surface area (Å²) in [5, 5.41) is 18.7. The summed E-state index contributed by atoms with van der Waals surface area (Å²) in [6, 6.07) is 0. The van der Waals surface area contributed by atoms with Crippen LogP contribution in [0.2, 0.25) is 0 Å². The van der Waals surface area contributed by atoms with E-state index in [1.54, 1.807) is 6.20 Å². The van der Waals surface area contributed by atoms with Gasteiger partial charge in [0.05, 0.1) is 6.20 Å². The zero-order valence-electron chi connectivity index (χ0n) is 10.9. The maximum absolute atomic E-state index is 4.14. The van der Waals surface area contributed by atoms with E-state index in [2.05, 4.69) is 32.0 Å². The maximum atomic E-state index is 4.14. The topological polar surface area (TPSA) is 61.8 Å². The first-order valence-electron chi connectivity index (χ1n) is 6.62. The van der Waals surface area contributed by atoms with E-state index >= 15 is 0 Å². The van der Waals surface area contributed by atoms with Gasteiger partial charge in [0.15, 0.2) is 0 Å². The minimum atomic E-state index is 0. The van der Waals surface area contributed by atoms with Gasteiger partial charge in [0.1, 0.15) is 0 Å². The first-order valence-corrected chi connectivity index (χ1v) is 6.62. The Labute approximate surface area is 124 Å². The molecule has 1 heterocycles. The summed E-state index contributed by atoms with van der Waals surface area (Å²) in [5.74, 6) is 0.767. The van der Waals surface area contributed by atoms with Gasteiger partial charge in [0.25, 0.3) is 0 Å². The summed E-state index contributed by atoms with van der Waals surface area (Å²) >= 11 is 0. The summed E-state index contributed by atoms with van der Waals surface area (Å²) < 4.78 is 0. The molecule has 2 bridgehead atoms. The molecule has 0 aromatic heterocycles. The second-order valence-electron chi connectivity index (χ2n) is 4.71. The smallest absolute Gasteiger partial charge is 0.138 e. The second-order valence-corrected chi connectivity index (χ2v) is 4.71. The van der Waals surface area contributed by atoms with E-state index in [1.807, 2.05) is 12.2 Å². The fraction of sp³-hybridized carbons (Fsp3) is 0.615. The molecule has 1 aliphatic heterocycles. The minimum Gasteiger partial charge on any atom is -0.138 e. The van der Waals surface area contributed by atoms with Gasteiger partial charge in [-0.15, -0.1) is 10.2 Å². The van der Waals surface area contributed by atoms with Gasteiger partial charge in [-0.05, 0) is 72.6 Å². The second kappa shape index (κ2) is 9.75. The van der Waals surface area contributed by atoms with E-state index in [0.717, 1.165) is 30.9 Å². The van der Waals surface area contributed by atoms with Crippen LogP contribution in [0.1, 0.15) is 44.9 Å². The van der Waals surface area contributed by atoms with Gasteiger partial charge in [-0.1, -0.05) is 12.2 Å². The molecule has 2 aliphatic rings. The predicted molar refractivity (Wildman–Crippen MR) is 71.2 cm³/mol. The van der Waals surface area contributed by atoms with Crippen LogP contribution >= 0.6 is 0 Å². The number of hydrogen-bond acceptors (Lipinski definition) is 5. The molecule has 1 atom stereocenters. The molecule has 0 saturated heterocycles. The average molecular weight is 301 g/mol. The third kappa shape index (κ3) is 6.55. The van der Waals surface area contributed by atoms with Gasteiger partial charge in [-0.3, -0.25) is 0 Å². The summed E-state index contributed by atoms with van der Waals surface area (Å²) in [5.41, 5.74) is 1.16. The predicted octanol–water partition coefficient (Wildman–Crippen LogP) is 4.60. The summed E-state index contributed by atoms with van der Waals surface area (Å²) in [6.07, 6.45) is 15.9. The molecule has 6 heteroatoms. The zero-order valence-corrected chi connectivity index (χ0v) is 12.0. The number of nitrogens with zero attached hydrogens (tertiary/aromatic N) is 5. The molecule has 2 rings (SSSR count). The fourth-order valence-electron chi connectivity index (χ4n) is 2.41. The summed E-state index contributed by atoms with van der Waals surface area (Å²) in [7, 11) is 0. The van der Waals surface area contributed by atoms with E-state index in [0.29, 0.717) is 0 Å². The van der Waals surface area contributed by atoms with Gasteiger partial charge in [0, 0.05) is 5.71 Å². The monoisotopic (exact) mass is 301 g/mol. The Hall–Kier alpha value is -1.13. The molecule has 1 aliphatic carbocycles. The largest absolute Gasteiger partial charge is 3.00 e. The van der Waals surface area contributed by atoms with Crippen LogP contribution in [-0.2, 0) is 17.1 Å². The van der Waals surface area contributed by atoms with Crippen LogP contribution in [-0.4, -0.2) is 5.71 Å². The van der Waals surface area contributed by atoms with Crippen molar-refractivity contribution in [2.45, 2.75) is 44.9 Å². The Balaban J connectivity index is 0.00000180. The van der Waals surface area contributed by atoms with E-state index < -0.39 is 0 Å². The molecule has 0 aromatic rings. The Morgan fingerprint density at radius 2 is 1.89 bits per heavy atom. The minimum absolute atomic E-state index is 0. The molecule has 19 heavy (non-hydrogen) atoms. The molecule has 5 nitrogen and oxygen atoms in total. The van der Waals surface area contributed by atoms with Crippen LogP contribution in [0.3, 0.4) is 0 Å². The van der Waals surface area contributed by atoms with Crippen LogP contribution in [0.5, 0.6) is 0 Å². The van der Waals surface area contributed by atoms with Crippen LogP contribution in [0, 0.1) is 5.92 Å². The number of fused-ring (bicyclic) bond motifs is 2. The molecule has 0 amide bonds. The first kappa shape index (κ1) is 15.9. The third-order valence-electron chi connectivity index (χ3n) is 3.30. The van der Waals surface area contributed by atoms with Crippen molar-refractivity contribution in [3.05, 3.63) is 24.4 Å². The maximum Gasteiger partial charge on any atom is 3.00 e. The summed E-state index contributed by atoms with van der Waals surface area (Å²) in [6.45, 7) is 0. The van der Waals surface area contributed by atoms with Crippen molar-refractivity contribution in [1.82, 2.24) is 0 Å². The zero-order chi connectivity index (χ0) is 12.5. The van der Waals surface area contributed by atoms with Crippen molar-refractivity contribution in [2.24, 2.45) is 31.8 Å². The normalized spacial score (nSPS) is 24.0. The third-order valence-corrected chi connectivity index (χ3v) is 3.30. The molecule has 0 aromatic carbocycles. The van der Waals surface area contributed by atoms with Crippen molar-refractivity contribution < 1.29 is 17.1 Å². The quantitative estimate of drug-likeness (QED) is 0.587. The number of allylic oxidation sites excluding steroid dienone is 3. The van der Waals surface area contributed by atoms with E-state index in [9.17, 15) is 0 Å². The van der Waals surface area contributed by atoms with Crippen molar-refractivity contribution in [3.63, 3.8) is 0 Å². The van der Waals surface area contributed by atoms with Crippen LogP contribution in [0.15, 0.2) is 50.3 Å². The SMILES string of the molecule is C1=CCCCC2CCCC(=NN=NN=NC=C1)C2.[Fe+3]. The molecule has 1 saturated carbocycles. The molecule has 0 spiro atoms. The van der Waals surface area contributed by atoms with Crippen molar-refractivity contribution in [1.29, 1.82) is 0 Å². The average Bonchev–Trinajstić information content (AvgIpc) is 2.40. The van der Waals surface area contributed by atoms with E-state index in [4.69, 9.17) is 0 Å². The van der Waals surface area contributed by atoms with Crippen molar-refractivity contribution in [2.75, 3.05) is 0 Å². The Bertz CT molecular complexity index is 398. The molecule has 1 unspecified atom stereocenters. The molecular formula is C13H19FeN5+3. The van der Waals surface area contributed by atoms with Gasteiger partial charge in [0.2, 0.25) is 0 Å². The van der Waals surface area contributed by atoms with Gasteiger partial charge in [-0.25, -0.2) is 0 Å². The number of rotatable bonds is 0. The Morgan fingerprint density at radius 3 is 2.84 bits per heavy atom. The van der Waals surface area contributed by atoms with Crippen LogP contribution < -0.4 is 0 Å². The molecular weight excluding hydrogens is 282 g/mol. The van der Waals surface area contributed by atoms with Gasteiger partial charge in [-0.2, -0.15) is 0 Å². The fourth-order valence-corrected chi connectivity index (χ4v) is 2.41. The number of hydrogen-bond donors (Lipinski definition) is 0. The molecule has 101 valence electrons. The van der Waals surface area contributed by atoms with Crippen molar-refractivity contribution >= 4 is 5.71 Å². The van der Waals surface area contributed by atoms with E-state index in [1.165, 1.54) is 25.7 Å². The standard InChI is InChI=1S/C13H19N5.Fe/c1-2-4-7-12-8-6-9-13(11-12)15-17-18-16-14-10-5-3-1;/h1,3,5,10,12H,2,4,6-9,11H2;/q;+3. The molecule has 0 N–H and O–H groups in total. The van der Waals surface area contributed by atoms with Crippen LogP contribution in [0.25, 0.3) is 0 Å².